The molecular formula is C23H24FN3O. The Bertz CT molecular complexity index is 1000. The summed E-state index contributed by atoms with van der Waals surface area (Å²) in [7, 11) is 0. The molecule has 5 rings (SSSR count). The average molecular weight is 377 g/mol. The van der Waals surface area contributed by atoms with Gasteiger partial charge in [-0.1, -0.05) is 18.2 Å². The van der Waals surface area contributed by atoms with Crippen LogP contribution in [-0.4, -0.2) is 42.0 Å². The largest absolute Gasteiger partial charge is 0.368 e. The van der Waals surface area contributed by atoms with Crippen LogP contribution in [-0.2, 0) is 11.2 Å². The quantitative estimate of drug-likeness (QED) is 0.731. The number of aromatic amines is 1. The van der Waals surface area contributed by atoms with Gasteiger partial charge in [-0.3, -0.25) is 4.79 Å². The first-order valence-electron chi connectivity index (χ1n) is 10.1. The second-order valence-corrected chi connectivity index (χ2v) is 7.80. The van der Waals surface area contributed by atoms with Crippen LogP contribution in [0.3, 0.4) is 0 Å². The van der Waals surface area contributed by atoms with Crippen LogP contribution in [0.25, 0.3) is 10.9 Å². The zero-order valence-corrected chi connectivity index (χ0v) is 15.8. The topological polar surface area (TPSA) is 39.3 Å². The van der Waals surface area contributed by atoms with Gasteiger partial charge < -0.3 is 14.8 Å². The number of benzene rings is 2. The Morgan fingerprint density at radius 2 is 1.75 bits per heavy atom. The maximum atomic E-state index is 13.3. The molecule has 1 fully saturated rings. The van der Waals surface area contributed by atoms with Gasteiger partial charge in [0.1, 0.15) is 5.82 Å². The van der Waals surface area contributed by atoms with Crippen molar-refractivity contribution in [2.45, 2.75) is 25.2 Å². The number of amides is 1. The van der Waals surface area contributed by atoms with Crippen LogP contribution in [0.5, 0.6) is 0 Å². The highest BCUT2D eigenvalue weighted by Crippen LogP contribution is 2.37. The summed E-state index contributed by atoms with van der Waals surface area (Å²) in [5, 5.41) is 1.26. The zero-order valence-electron chi connectivity index (χ0n) is 15.8. The smallest absolute Gasteiger partial charge is 0.231 e. The van der Waals surface area contributed by atoms with Crippen molar-refractivity contribution in [1.29, 1.82) is 0 Å². The van der Waals surface area contributed by atoms with Gasteiger partial charge in [0.05, 0.1) is 5.92 Å². The van der Waals surface area contributed by atoms with Crippen LogP contribution in [0.2, 0.25) is 0 Å². The van der Waals surface area contributed by atoms with Crippen molar-refractivity contribution in [1.82, 2.24) is 9.88 Å². The van der Waals surface area contributed by atoms with Gasteiger partial charge in [-0.2, -0.15) is 0 Å². The maximum absolute atomic E-state index is 13.3. The molecule has 1 aliphatic heterocycles. The molecule has 1 aromatic heterocycles. The lowest BCUT2D eigenvalue weighted by molar-refractivity contribution is -0.133. The Hall–Kier alpha value is -2.82. The molecule has 1 N–H and O–H groups in total. The van der Waals surface area contributed by atoms with Crippen molar-refractivity contribution in [3.8, 4) is 0 Å². The summed E-state index contributed by atoms with van der Waals surface area (Å²) in [6, 6.07) is 15.0. The van der Waals surface area contributed by atoms with Gasteiger partial charge in [0, 0.05) is 48.5 Å². The molecule has 1 amide bonds. The molecule has 0 unspecified atom stereocenters. The molecule has 28 heavy (non-hydrogen) atoms. The Morgan fingerprint density at radius 3 is 2.54 bits per heavy atom. The number of para-hydroxylation sites is 1. The van der Waals surface area contributed by atoms with Gasteiger partial charge in [-0.15, -0.1) is 0 Å². The minimum atomic E-state index is -0.219. The number of hydrogen-bond donors (Lipinski definition) is 1. The SMILES string of the molecule is O=C([C@@H]1CCCc2c1[nH]c1ccccc21)N1CCN(c2ccc(F)cc2)CC1. The van der Waals surface area contributed by atoms with Gasteiger partial charge in [-0.25, -0.2) is 4.39 Å². The van der Waals surface area contributed by atoms with Crippen LogP contribution in [0.15, 0.2) is 48.5 Å². The fourth-order valence-corrected chi connectivity index (χ4v) is 4.72. The minimum absolute atomic E-state index is 0.0616. The number of nitrogens with one attached hydrogen (secondary N) is 1. The Morgan fingerprint density at radius 1 is 1.00 bits per heavy atom. The monoisotopic (exact) mass is 377 g/mol. The molecular weight excluding hydrogens is 353 g/mol. The highest BCUT2D eigenvalue weighted by Gasteiger charge is 2.33. The van der Waals surface area contributed by atoms with Crippen LogP contribution in [0.4, 0.5) is 10.1 Å². The van der Waals surface area contributed by atoms with E-state index in [-0.39, 0.29) is 17.6 Å². The highest BCUT2D eigenvalue weighted by atomic mass is 19.1. The molecule has 2 aromatic carbocycles. The number of halogens is 1. The van der Waals surface area contributed by atoms with Crippen LogP contribution in [0, 0.1) is 5.82 Å². The van der Waals surface area contributed by atoms with E-state index < -0.39 is 0 Å². The summed E-state index contributed by atoms with van der Waals surface area (Å²) in [6.07, 6.45) is 3.01. The van der Waals surface area contributed by atoms with E-state index in [4.69, 9.17) is 0 Å². The standard InChI is InChI=1S/C23H24FN3O/c24-16-8-10-17(11-9-16)26-12-14-27(15-13-26)23(28)20-6-3-5-19-18-4-1-2-7-21(18)25-22(19)20/h1-2,4,7-11,20,25H,3,5-6,12-15H2/t20-/m1/s1. The number of fused-ring (bicyclic) bond motifs is 3. The van der Waals surface area contributed by atoms with Gasteiger partial charge in [0.2, 0.25) is 5.91 Å². The number of rotatable bonds is 2. The maximum Gasteiger partial charge on any atom is 0.231 e. The van der Waals surface area contributed by atoms with Crippen LogP contribution < -0.4 is 4.90 Å². The van der Waals surface area contributed by atoms with Crippen molar-refractivity contribution >= 4 is 22.5 Å². The molecule has 1 aliphatic carbocycles. The molecule has 0 radical (unpaired) electrons. The molecule has 0 bridgehead atoms. The summed E-state index contributed by atoms with van der Waals surface area (Å²) in [6.45, 7) is 2.98. The number of carbonyl (C=O) groups excluding carboxylic acids is 1. The Kier molecular flexibility index (Phi) is 4.30. The molecule has 1 saturated heterocycles. The van der Waals surface area contributed by atoms with Crippen LogP contribution >= 0.6 is 0 Å². The number of aryl methyl sites for hydroxylation is 1. The summed E-state index contributed by atoms with van der Waals surface area (Å²) in [5.41, 5.74) is 4.60. The predicted molar refractivity (Wildman–Crippen MR) is 109 cm³/mol. The predicted octanol–water partition coefficient (Wildman–Crippen LogP) is 4.08. The molecule has 144 valence electrons. The van der Waals surface area contributed by atoms with Gasteiger partial charge in [0.25, 0.3) is 0 Å². The second-order valence-electron chi connectivity index (χ2n) is 7.80. The van der Waals surface area contributed by atoms with Gasteiger partial charge in [0.15, 0.2) is 0 Å². The van der Waals surface area contributed by atoms with Crippen molar-refractivity contribution in [3.63, 3.8) is 0 Å². The molecule has 3 aromatic rings. The van der Waals surface area contributed by atoms with E-state index in [9.17, 15) is 9.18 Å². The number of nitrogens with zero attached hydrogens (tertiary/aromatic N) is 2. The lowest BCUT2D eigenvalue weighted by Gasteiger charge is -2.38. The lowest BCUT2D eigenvalue weighted by atomic mass is 9.85. The molecule has 0 spiro atoms. The Labute approximate surface area is 163 Å². The molecule has 0 saturated carbocycles. The Balaban J connectivity index is 1.32. The third kappa shape index (κ3) is 2.95. The minimum Gasteiger partial charge on any atom is -0.368 e. The molecule has 2 heterocycles. The van der Waals surface area contributed by atoms with E-state index in [0.29, 0.717) is 13.1 Å². The highest BCUT2D eigenvalue weighted by molar-refractivity contribution is 5.90. The summed E-state index contributed by atoms with van der Waals surface area (Å²) in [4.78, 5) is 21.1. The van der Waals surface area contributed by atoms with Crippen molar-refractivity contribution in [3.05, 3.63) is 65.6 Å². The number of anilines is 1. The third-order valence-corrected chi connectivity index (χ3v) is 6.20. The first-order valence-corrected chi connectivity index (χ1v) is 10.1. The normalized spacial score (nSPS) is 19.7. The number of carbonyl (C=O) groups is 1. The number of aromatic nitrogens is 1. The summed E-state index contributed by atoms with van der Waals surface area (Å²) in [5.74, 6) is -0.0382. The van der Waals surface area contributed by atoms with E-state index in [2.05, 4.69) is 28.1 Å². The molecule has 1 atom stereocenters. The van der Waals surface area contributed by atoms with Crippen molar-refractivity contribution in [2.24, 2.45) is 0 Å². The molecule has 5 heteroatoms. The third-order valence-electron chi connectivity index (χ3n) is 6.20. The summed E-state index contributed by atoms with van der Waals surface area (Å²) >= 11 is 0. The van der Waals surface area contributed by atoms with E-state index >= 15 is 0 Å². The zero-order chi connectivity index (χ0) is 19.1. The number of piperazine rings is 1. The molecule has 2 aliphatic rings. The van der Waals surface area contributed by atoms with Gasteiger partial charge in [-0.05, 0) is 55.2 Å². The van der Waals surface area contributed by atoms with E-state index in [0.717, 1.165) is 49.2 Å². The van der Waals surface area contributed by atoms with Gasteiger partial charge >= 0.3 is 0 Å². The fraction of sp³-hybridized carbons (Fsp3) is 0.348. The first-order chi connectivity index (χ1) is 13.7. The summed E-state index contributed by atoms with van der Waals surface area (Å²) < 4.78 is 13.2. The first kappa shape index (κ1) is 17.3. The number of hydrogen-bond acceptors (Lipinski definition) is 2. The lowest BCUT2D eigenvalue weighted by Crippen LogP contribution is -2.50. The van der Waals surface area contributed by atoms with E-state index in [1.54, 1.807) is 0 Å². The number of H-pyrrole nitrogens is 1. The van der Waals surface area contributed by atoms with Crippen LogP contribution in [0.1, 0.15) is 30.0 Å². The fourth-order valence-electron chi connectivity index (χ4n) is 4.72. The van der Waals surface area contributed by atoms with Crippen molar-refractivity contribution < 1.29 is 9.18 Å². The second kappa shape index (κ2) is 6.97. The average Bonchev–Trinajstić information content (AvgIpc) is 3.13. The van der Waals surface area contributed by atoms with Crippen molar-refractivity contribution in [2.75, 3.05) is 31.1 Å². The molecule has 4 nitrogen and oxygen atoms in total. The van der Waals surface area contributed by atoms with E-state index in [1.165, 1.54) is 23.1 Å². The van der Waals surface area contributed by atoms with E-state index in [1.807, 2.05) is 23.1 Å².